The van der Waals surface area contributed by atoms with Crippen molar-refractivity contribution in [2.24, 2.45) is 0 Å². The summed E-state index contributed by atoms with van der Waals surface area (Å²) in [4.78, 5) is 15.6. The third-order valence-corrected chi connectivity index (χ3v) is 6.01. The minimum atomic E-state index is -0.126. The van der Waals surface area contributed by atoms with Gasteiger partial charge in [-0.15, -0.1) is 0 Å². The predicted octanol–water partition coefficient (Wildman–Crippen LogP) is 3.86. The summed E-state index contributed by atoms with van der Waals surface area (Å²) in [5.41, 5.74) is 2.24. The zero-order valence-electron chi connectivity index (χ0n) is 19.0. The van der Waals surface area contributed by atoms with Gasteiger partial charge in [-0.2, -0.15) is 0 Å². The van der Waals surface area contributed by atoms with Gasteiger partial charge in [0.15, 0.2) is 0 Å². The Balaban J connectivity index is 1.49. The first kappa shape index (κ1) is 22.3. The van der Waals surface area contributed by atoms with Crippen LogP contribution in [0.1, 0.15) is 40.7 Å². The zero-order valence-corrected chi connectivity index (χ0v) is 19.0. The SMILES string of the molecule is Cc1noc(C)c1COc1cc2ccccc2cc1C(=O)NC(C)CCN1CCOCC1. The van der Waals surface area contributed by atoms with Crippen LogP contribution in [0, 0.1) is 13.8 Å². The Morgan fingerprint density at radius 1 is 1.19 bits per heavy atom. The minimum Gasteiger partial charge on any atom is -0.488 e. The van der Waals surface area contributed by atoms with E-state index in [9.17, 15) is 4.79 Å². The van der Waals surface area contributed by atoms with Gasteiger partial charge in [0, 0.05) is 25.7 Å². The summed E-state index contributed by atoms with van der Waals surface area (Å²) >= 11 is 0. The molecule has 0 aliphatic carbocycles. The molecule has 170 valence electrons. The number of nitrogens with one attached hydrogen (secondary N) is 1. The quantitative estimate of drug-likeness (QED) is 0.577. The van der Waals surface area contributed by atoms with E-state index in [2.05, 4.69) is 15.4 Å². The van der Waals surface area contributed by atoms with Crippen molar-refractivity contribution >= 4 is 16.7 Å². The molecule has 3 aromatic rings. The predicted molar refractivity (Wildman–Crippen MR) is 123 cm³/mol. The molecule has 7 nitrogen and oxygen atoms in total. The molecule has 1 aromatic heterocycles. The molecule has 1 fully saturated rings. The van der Waals surface area contributed by atoms with E-state index in [1.165, 1.54) is 0 Å². The molecule has 32 heavy (non-hydrogen) atoms. The van der Waals surface area contributed by atoms with Gasteiger partial charge < -0.3 is 19.3 Å². The summed E-state index contributed by atoms with van der Waals surface area (Å²) in [6, 6.07) is 11.9. The number of aryl methyl sites for hydroxylation is 2. The summed E-state index contributed by atoms with van der Waals surface area (Å²) in [5.74, 6) is 1.16. The number of hydrogen-bond donors (Lipinski definition) is 1. The van der Waals surface area contributed by atoms with Crippen LogP contribution in [0.15, 0.2) is 40.9 Å². The summed E-state index contributed by atoms with van der Waals surface area (Å²) in [5, 5.41) is 9.17. The number of carbonyl (C=O) groups excluding carboxylic acids is 1. The van der Waals surface area contributed by atoms with Crippen LogP contribution in [0.5, 0.6) is 5.75 Å². The van der Waals surface area contributed by atoms with Crippen LogP contribution in [0.4, 0.5) is 0 Å². The summed E-state index contributed by atoms with van der Waals surface area (Å²) in [7, 11) is 0. The number of fused-ring (bicyclic) bond motifs is 1. The molecule has 1 unspecified atom stereocenters. The second-order valence-electron chi connectivity index (χ2n) is 8.40. The number of aromatic nitrogens is 1. The van der Waals surface area contributed by atoms with E-state index in [0.29, 0.717) is 17.9 Å². The second kappa shape index (κ2) is 10.1. The molecule has 1 aliphatic heterocycles. The maximum atomic E-state index is 13.2. The molecule has 1 N–H and O–H groups in total. The van der Waals surface area contributed by atoms with Gasteiger partial charge in [0.1, 0.15) is 18.1 Å². The first-order valence-corrected chi connectivity index (χ1v) is 11.2. The molecule has 1 saturated heterocycles. The number of hydrogen-bond acceptors (Lipinski definition) is 6. The van der Waals surface area contributed by atoms with Gasteiger partial charge in [0.25, 0.3) is 5.91 Å². The molecule has 1 aliphatic rings. The molecular formula is C25H31N3O4. The van der Waals surface area contributed by atoms with E-state index in [1.807, 2.05) is 57.2 Å². The Morgan fingerprint density at radius 2 is 1.91 bits per heavy atom. The number of morpholine rings is 1. The van der Waals surface area contributed by atoms with E-state index in [-0.39, 0.29) is 11.9 Å². The number of amides is 1. The number of ether oxygens (including phenoxy) is 2. The lowest BCUT2D eigenvalue weighted by atomic mass is 10.0. The Hall–Kier alpha value is -2.90. The van der Waals surface area contributed by atoms with Crippen LogP contribution in [-0.2, 0) is 11.3 Å². The maximum Gasteiger partial charge on any atom is 0.255 e. The molecule has 0 radical (unpaired) electrons. The Labute approximate surface area is 188 Å². The monoisotopic (exact) mass is 437 g/mol. The number of rotatable bonds is 8. The van der Waals surface area contributed by atoms with Crippen molar-refractivity contribution in [2.45, 2.75) is 39.8 Å². The van der Waals surface area contributed by atoms with Gasteiger partial charge in [-0.05, 0) is 50.1 Å². The number of benzene rings is 2. The van der Waals surface area contributed by atoms with Crippen LogP contribution < -0.4 is 10.1 Å². The fraction of sp³-hybridized carbons (Fsp3) is 0.440. The number of nitrogens with zero attached hydrogens (tertiary/aromatic N) is 2. The third kappa shape index (κ3) is 5.29. The summed E-state index contributed by atoms with van der Waals surface area (Å²) in [6.07, 6.45) is 0.884. The molecule has 0 saturated carbocycles. The highest BCUT2D eigenvalue weighted by Gasteiger charge is 2.19. The van der Waals surface area contributed by atoms with E-state index in [1.54, 1.807) is 0 Å². The first-order chi connectivity index (χ1) is 15.5. The van der Waals surface area contributed by atoms with Crippen molar-refractivity contribution in [2.75, 3.05) is 32.8 Å². The van der Waals surface area contributed by atoms with Crippen molar-refractivity contribution < 1.29 is 18.8 Å². The van der Waals surface area contributed by atoms with Crippen molar-refractivity contribution in [3.05, 3.63) is 59.0 Å². The van der Waals surface area contributed by atoms with Crippen LogP contribution in [-0.4, -0.2) is 54.9 Å². The molecule has 4 rings (SSSR count). The Morgan fingerprint density at radius 3 is 2.59 bits per heavy atom. The van der Waals surface area contributed by atoms with Gasteiger partial charge in [-0.3, -0.25) is 9.69 Å². The lowest BCUT2D eigenvalue weighted by Gasteiger charge is -2.27. The van der Waals surface area contributed by atoms with Crippen molar-refractivity contribution in [1.29, 1.82) is 0 Å². The van der Waals surface area contributed by atoms with Gasteiger partial charge >= 0.3 is 0 Å². The zero-order chi connectivity index (χ0) is 22.5. The fourth-order valence-corrected chi connectivity index (χ4v) is 3.95. The molecule has 0 bridgehead atoms. The molecule has 2 aromatic carbocycles. The minimum absolute atomic E-state index is 0.0484. The molecule has 1 atom stereocenters. The van der Waals surface area contributed by atoms with E-state index in [4.69, 9.17) is 14.0 Å². The van der Waals surface area contributed by atoms with E-state index in [0.717, 1.165) is 67.1 Å². The number of carbonyl (C=O) groups is 1. The Kier molecular flexibility index (Phi) is 7.07. The summed E-state index contributed by atoms with van der Waals surface area (Å²) in [6.45, 7) is 10.5. The highest BCUT2D eigenvalue weighted by molar-refractivity contribution is 6.01. The van der Waals surface area contributed by atoms with Crippen LogP contribution in [0.25, 0.3) is 10.8 Å². The van der Waals surface area contributed by atoms with Crippen LogP contribution in [0.3, 0.4) is 0 Å². The lowest BCUT2D eigenvalue weighted by molar-refractivity contribution is 0.0363. The van der Waals surface area contributed by atoms with E-state index >= 15 is 0 Å². The molecular weight excluding hydrogens is 406 g/mol. The van der Waals surface area contributed by atoms with Gasteiger partial charge in [-0.1, -0.05) is 29.4 Å². The van der Waals surface area contributed by atoms with Crippen molar-refractivity contribution in [3.8, 4) is 5.75 Å². The van der Waals surface area contributed by atoms with Crippen molar-refractivity contribution in [3.63, 3.8) is 0 Å². The highest BCUT2D eigenvalue weighted by Crippen LogP contribution is 2.28. The standard InChI is InChI=1S/C25H31N3O4/c1-17(8-9-28-10-12-30-13-11-28)26-25(29)22-14-20-6-4-5-7-21(20)15-24(22)31-16-23-18(2)27-32-19(23)3/h4-7,14-15,17H,8-13,16H2,1-3H3,(H,26,29). The third-order valence-electron chi connectivity index (χ3n) is 6.01. The Bertz CT molecular complexity index is 1050. The van der Waals surface area contributed by atoms with Crippen LogP contribution >= 0.6 is 0 Å². The van der Waals surface area contributed by atoms with Gasteiger partial charge in [0.2, 0.25) is 0 Å². The average Bonchev–Trinajstić information content (AvgIpc) is 3.13. The van der Waals surface area contributed by atoms with Gasteiger partial charge in [0.05, 0.1) is 30.0 Å². The first-order valence-electron chi connectivity index (χ1n) is 11.2. The maximum absolute atomic E-state index is 13.2. The second-order valence-corrected chi connectivity index (χ2v) is 8.40. The fourth-order valence-electron chi connectivity index (χ4n) is 3.95. The smallest absolute Gasteiger partial charge is 0.255 e. The topological polar surface area (TPSA) is 76.8 Å². The van der Waals surface area contributed by atoms with E-state index < -0.39 is 0 Å². The molecule has 7 heteroatoms. The normalized spacial score (nSPS) is 15.6. The molecule has 1 amide bonds. The lowest BCUT2D eigenvalue weighted by Crippen LogP contribution is -2.40. The average molecular weight is 438 g/mol. The molecule has 2 heterocycles. The van der Waals surface area contributed by atoms with Gasteiger partial charge in [-0.25, -0.2) is 0 Å². The van der Waals surface area contributed by atoms with Crippen LogP contribution in [0.2, 0.25) is 0 Å². The highest BCUT2D eigenvalue weighted by atomic mass is 16.5. The summed E-state index contributed by atoms with van der Waals surface area (Å²) < 4.78 is 16.8. The largest absolute Gasteiger partial charge is 0.488 e. The molecule has 0 spiro atoms. The van der Waals surface area contributed by atoms with Crippen molar-refractivity contribution in [1.82, 2.24) is 15.4 Å².